The van der Waals surface area contributed by atoms with Crippen LogP contribution in [0, 0.1) is 0 Å². The summed E-state index contributed by atoms with van der Waals surface area (Å²) in [5.74, 6) is 0.144. The maximum Gasteiger partial charge on any atom is 0.240 e. The van der Waals surface area contributed by atoms with E-state index in [1.54, 1.807) is 0 Å². The average molecular weight is 260 g/mol. The molecule has 0 unspecified atom stereocenters. The Balaban J connectivity index is 1.72. The van der Waals surface area contributed by atoms with Crippen molar-refractivity contribution in [3.63, 3.8) is 0 Å². The van der Waals surface area contributed by atoms with Crippen molar-refractivity contribution >= 4 is 5.91 Å². The monoisotopic (exact) mass is 260 g/mol. The Bertz CT molecular complexity index is 475. The fourth-order valence-electron chi connectivity index (χ4n) is 3.14. The van der Waals surface area contributed by atoms with Crippen molar-refractivity contribution in [1.82, 2.24) is 10.2 Å². The quantitative estimate of drug-likeness (QED) is 0.822. The molecule has 0 aliphatic carbocycles. The highest BCUT2D eigenvalue weighted by Crippen LogP contribution is 2.22. The van der Waals surface area contributed by atoms with E-state index in [1.807, 2.05) is 17.0 Å². The maximum absolute atomic E-state index is 12.5. The SMILES string of the molecule is O=C([C@@H]1Cc2ccccc2CN1)N1CCC[C@@H]1CO. The molecule has 2 aliphatic heterocycles. The van der Waals surface area contributed by atoms with Gasteiger partial charge in [-0.1, -0.05) is 24.3 Å². The van der Waals surface area contributed by atoms with Gasteiger partial charge in [-0.25, -0.2) is 0 Å². The van der Waals surface area contributed by atoms with E-state index in [4.69, 9.17) is 0 Å². The standard InChI is InChI=1S/C15H20N2O2/c18-10-13-6-3-7-17(13)15(19)14-8-11-4-1-2-5-12(11)9-16-14/h1-2,4-5,13-14,16,18H,3,6-10H2/t13-,14+/m1/s1. The lowest BCUT2D eigenvalue weighted by atomic mass is 9.95. The molecule has 1 fully saturated rings. The molecular formula is C15H20N2O2. The lowest BCUT2D eigenvalue weighted by Crippen LogP contribution is -2.51. The molecule has 1 saturated heterocycles. The van der Waals surface area contributed by atoms with E-state index < -0.39 is 0 Å². The molecule has 4 heteroatoms. The Morgan fingerprint density at radius 2 is 2.16 bits per heavy atom. The van der Waals surface area contributed by atoms with E-state index in [0.29, 0.717) is 0 Å². The number of amides is 1. The van der Waals surface area contributed by atoms with Gasteiger partial charge in [0.1, 0.15) is 0 Å². The molecule has 1 aromatic carbocycles. The van der Waals surface area contributed by atoms with E-state index in [9.17, 15) is 9.90 Å². The molecule has 1 aromatic rings. The second kappa shape index (κ2) is 5.31. The van der Waals surface area contributed by atoms with Crippen LogP contribution in [-0.4, -0.2) is 41.1 Å². The number of hydrogen-bond donors (Lipinski definition) is 2. The molecule has 0 bridgehead atoms. The summed E-state index contributed by atoms with van der Waals surface area (Å²) in [5.41, 5.74) is 2.55. The number of benzene rings is 1. The van der Waals surface area contributed by atoms with Gasteiger partial charge in [0.2, 0.25) is 5.91 Å². The number of carbonyl (C=O) groups excluding carboxylic acids is 1. The fourth-order valence-corrected chi connectivity index (χ4v) is 3.14. The summed E-state index contributed by atoms with van der Waals surface area (Å²) >= 11 is 0. The first-order valence-electron chi connectivity index (χ1n) is 7.01. The van der Waals surface area contributed by atoms with Crippen molar-refractivity contribution in [2.45, 2.75) is 37.9 Å². The van der Waals surface area contributed by atoms with Crippen LogP contribution >= 0.6 is 0 Å². The molecule has 2 N–H and O–H groups in total. The van der Waals surface area contributed by atoms with Crippen LogP contribution in [0.1, 0.15) is 24.0 Å². The number of fused-ring (bicyclic) bond motifs is 1. The number of nitrogens with one attached hydrogen (secondary N) is 1. The highest BCUT2D eigenvalue weighted by molar-refractivity contribution is 5.83. The average Bonchev–Trinajstić information content (AvgIpc) is 2.94. The summed E-state index contributed by atoms with van der Waals surface area (Å²) in [4.78, 5) is 14.4. The van der Waals surface area contributed by atoms with Crippen LogP contribution in [0.25, 0.3) is 0 Å². The molecule has 3 rings (SSSR count). The topological polar surface area (TPSA) is 52.6 Å². The minimum Gasteiger partial charge on any atom is -0.394 e. The first kappa shape index (κ1) is 12.6. The van der Waals surface area contributed by atoms with Gasteiger partial charge in [-0.05, 0) is 30.4 Å². The Morgan fingerprint density at radius 3 is 2.95 bits per heavy atom. The van der Waals surface area contributed by atoms with E-state index in [0.717, 1.165) is 32.4 Å². The van der Waals surface area contributed by atoms with Crippen molar-refractivity contribution in [2.24, 2.45) is 0 Å². The van der Waals surface area contributed by atoms with Crippen molar-refractivity contribution < 1.29 is 9.90 Å². The highest BCUT2D eigenvalue weighted by Gasteiger charge is 2.34. The Morgan fingerprint density at radius 1 is 1.37 bits per heavy atom. The minimum absolute atomic E-state index is 0.0199. The first-order chi connectivity index (χ1) is 9.29. The number of nitrogens with zero attached hydrogens (tertiary/aromatic N) is 1. The van der Waals surface area contributed by atoms with Gasteiger partial charge >= 0.3 is 0 Å². The molecule has 2 atom stereocenters. The molecule has 0 spiro atoms. The second-order valence-corrected chi connectivity index (χ2v) is 5.42. The van der Waals surface area contributed by atoms with E-state index in [1.165, 1.54) is 11.1 Å². The van der Waals surface area contributed by atoms with Crippen LogP contribution in [0.15, 0.2) is 24.3 Å². The van der Waals surface area contributed by atoms with Gasteiger partial charge in [-0.3, -0.25) is 4.79 Å². The number of likely N-dealkylation sites (tertiary alicyclic amines) is 1. The van der Waals surface area contributed by atoms with Gasteiger partial charge in [0.05, 0.1) is 18.7 Å². The number of aliphatic hydroxyl groups is 1. The molecule has 0 radical (unpaired) electrons. The van der Waals surface area contributed by atoms with Gasteiger partial charge in [-0.15, -0.1) is 0 Å². The summed E-state index contributed by atoms with van der Waals surface area (Å²) < 4.78 is 0. The summed E-state index contributed by atoms with van der Waals surface area (Å²) in [7, 11) is 0. The van der Waals surface area contributed by atoms with E-state index in [2.05, 4.69) is 17.4 Å². The smallest absolute Gasteiger partial charge is 0.240 e. The lowest BCUT2D eigenvalue weighted by Gasteiger charge is -2.31. The van der Waals surface area contributed by atoms with Crippen molar-refractivity contribution in [1.29, 1.82) is 0 Å². The third-order valence-electron chi connectivity index (χ3n) is 4.25. The molecule has 2 heterocycles. The third kappa shape index (κ3) is 2.38. The largest absolute Gasteiger partial charge is 0.394 e. The van der Waals surface area contributed by atoms with Gasteiger partial charge in [0.25, 0.3) is 0 Å². The molecule has 102 valence electrons. The van der Waals surface area contributed by atoms with Crippen LogP contribution < -0.4 is 5.32 Å². The third-order valence-corrected chi connectivity index (χ3v) is 4.25. The molecule has 2 aliphatic rings. The van der Waals surface area contributed by atoms with Crippen LogP contribution in [0.5, 0.6) is 0 Å². The number of aliphatic hydroxyl groups excluding tert-OH is 1. The molecule has 4 nitrogen and oxygen atoms in total. The van der Waals surface area contributed by atoms with Gasteiger partial charge in [-0.2, -0.15) is 0 Å². The van der Waals surface area contributed by atoms with Crippen LogP contribution in [-0.2, 0) is 17.8 Å². The molecular weight excluding hydrogens is 240 g/mol. The zero-order valence-electron chi connectivity index (χ0n) is 11.0. The summed E-state index contributed by atoms with van der Waals surface area (Å²) in [6.45, 7) is 1.61. The number of rotatable bonds is 2. The minimum atomic E-state index is -0.137. The lowest BCUT2D eigenvalue weighted by molar-refractivity contribution is -0.135. The van der Waals surface area contributed by atoms with Crippen molar-refractivity contribution in [3.05, 3.63) is 35.4 Å². The zero-order valence-corrected chi connectivity index (χ0v) is 11.0. The predicted molar refractivity (Wildman–Crippen MR) is 72.6 cm³/mol. The molecule has 0 aromatic heterocycles. The fraction of sp³-hybridized carbons (Fsp3) is 0.533. The Labute approximate surface area is 113 Å². The van der Waals surface area contributed by atoms with Gasteiger partial charge in [0, 0.05) is 13.1 Å². The Hall–Kier alpha value is -1.39. The summed E-state index contributed by atoms with van der Waals surface area (Å²) in [5, 5.41) is 12.7. The van der Waals surface area contributed by atoms with E-state index >= 15 is 0 Å². The van der Waals surface area contributed by atoms with E-state index in [-0.39, 0.29) is 24.6 Å². The first-order valence-corrected chi connectivity index (χ1v) is 7.01. The second-order valence-electron chi connectivity index (χ2n) is 5.42. The van der Waals surface area contributed by atoms with Crippen LogP contribution in [0.2, 0.25) is 0 Å². The predicted octanol–water partition coefficient (Wildman–Crippen LogP) is 0.684. The number of hydrogen-bond acceptors (Lipinski definition) is 3. The zero-order chi connectivity index (χ0) is 13.2. The molecule has 19 heavy (non-hydrogen) atoms. The van der Waals surface area contributed by atoms with Crippen molar-refractivity contribution in [3.8, 4) is 0 Å². The summed E-state index contributed by atoms with van der Waals surface area (Å²) in [6, 6.07) is 8.15. The maximum atomic E-state index is 12.5. The van der Waals surface area contributed by atoms with Crippen molar-refractivity contribution in [2.75, 3.05) is 13.2 Å². The normalized spacial score (nSPS) is 26.3. The molecule has 1 amide bonds. The Kier molecular flexibility index (Phi) is 3.53. The number of carbonyl (C=O) groups is 1. The summed E-state index contributed by atoms with van der Waals surface area (Å²) in [6.07, 6.45) is 2.68. The van der Waals surface area contributed by atoms with Crippen LogP contribution in [0.4, 0.5) is 0 Å². The highest BCUT2D eigenvalue weighted by atomic mass is 16.3. The van der Waals surface area contributed by atoms with Gasteiger partial charge < -0.3 is 15.3 Å². The van der Waals surface area contributed by atoms with Crippen LogP contribution in [0.3, 0.4) is 0 Å². The van der Waals surface area contributed by atoms with Gasteiger partial charge in [0.15, 0.2) is 0 Å². The molecule has 0 saturated carbocycles.